The number of rotatable bonds is 1. The molecule has 3 nitrogen and oxygen atoms in total. The van der Waals surface area contributed by atoms with Gasteiger partial charge in [-0.25, -0.2) is 0 Å². The van der Waals surface area contributed by atoms with Gasteiger partial charge in [0.05, 0.1) is 12.1 Å². The molecule has 0 unspecified atom stereocenters. The minimum atomic E-state index is -0.165. The van der Waals surface area contributed by atoms with Gasteiger partial charge in [-0.15, -0.1) is 5.11 Å². The van der Waals surface area contributed by atoms with E-state index < -0.39 is 0 Å². The Labute approximate surface area is 75.8 Å². The van der Waals surface area contributed by atoms with Crippen LogP contribution in [0.5, 0.6) is 0 Å². The maximum atomic E-state index is 10.7. The zero-order valence-corrected chi connectivity index (χ0v) is 6.97. The van der Waals surface area contributed by atoms with Gasteiger partial charge in [-0.05, 0) is 11.6 Å². The third-order valence-electron chi connectivity index (χ3n) is 1.76. The number of nitrogens with zero attached hydrogens (tertiary/aromatic N) is 2. The molecule has 0 fully saturated rings. The molecule has 0 spiro atoms. The van der Waals surface area contributed by atoms with Crippen LogP contribution in [0.2, 0.25) is 0 Å². The third kappa shape index (κ3) is 1.87. The molecule has 0 aromatic heterocycles. The Morgan fingerprint density at radius 2 is 1.92 bits per heavy atom. The molecule has 1 aromatic rings. The van der Waals surface area contributed by atoms with Gasteiger partial charge in [-0.2, -0.15) is 5.11 Å². The van der Waals surface area contributed by atoms with E-state index in [0.717, 1.165) is 11.3 Å². The Balaban J connectivity index is 2.23. The second kappa shape index (κ2) is 3.31. The fraction of sp³-hybridized carbons (Fsp3) is 0.100. The van der Waals surface area contributed by atoms with E-state index in [2.05, 4.69) is 10.2 Å². The predicted octanol–water partition coefficient (Wildman–Crippen LogP) is 2.41. The number of benzene rings is 1. The van der Waals surface area contributed by atoms with Crippen molar-refractivity contribution in [2.24, 2.45) is 10.2 Å². The lowest BCUT2D eigenvalue weighted by atomic mass is 10.2. The molecule has 0 radical (unpaired) electrons. The highest BCUT2D eigenvalue weighted by atomic mass is 16.2. The Morgan fingerprint density at radius 3 is 2.54 bits per heavy atom. The molecule has 13 heavy (non-hydrogen) atoms. The summed E-state index contributed by atoms with van der Waals surface area (Å²) in [5.74, 6) is -0.165. The van der Waals surface area contributed by atoms with Gasteiger partial charge in [-0.1, -0.05) is 30.3 Å². The van der Waals surface area contributed by atoms with Gasteiger partial charge in [0.25, 0.3) is 5.91 Å². The largest absolute Gasteiger partial charge is 0.270 e. The maximum absolute atomic E-state index is 10.7. The Morgan fingerprint density at radius 1 is 1.15 bits per heavy atom. The van der Waals surface area contributed by atoms with E-state index in [1.54, 1.807) is 0 Å². The van der Waals surface area contributed by atoms with E-state index >= 15 is 0 Å². The van der Waals surface area contributed by atoms with Gasteiger partial charge < -0.3 is 0 Å². The van der Waals surface area contributed by atoms with Crippen molar-refractivity contribution in [1.29, 1.82) is 0 Å². The van der Waals surface area contributed by atoms with Crippen LogP contribution in [-0.2, 0) is 4.79 Å². The molecule has 1 heterocycles. The molecular formula is C10H8N2O. The second-order valence-electron chi connectivity index (χ2n) is 2.82. The number of amides is 1. The average Bonchev–Trinajstić information content (AvgIpc) is 2.53. The molecular weight excluding hydrogens is 164 g/mol. The standard InChI is InChI=1S/C10H8N2O/c13-10-7-9(11-12-10)6-8-4-2-1-3-5-8/h1-6H,7H2. The summed E-state index contributed by atoms with van der Waals surface area (Å²) in [6.45, 7) is 0. The summed E-state index contributed by atoms with van der Waals surface area (Å²) in [7, 11) is 0. The molecule has 0 atom stereocenters. The predicted molar refractivity (Wildman–Crippen MR) is 48.9 cm³/mol. The van der Waals surface area contributed by atoms with Crippen LogP contribution >= 0.6 is 0 Å². The summed E-state index contributed by atoms with van der Waals surface area (Å²) in [4.78, 5) is 10.7. The van der Waals surface area contributed by atoms with Gasteiger partial charge in [0.15, 0.2) is 0 Å². The SMILES string of the molecule is O=C1CC(=Cc2ccccc2)N=N1. The number of hydrogen-bond acceptors (Lipinski definition) is 2. The van der Waals surface area contributed by atoms with Gasteiger partial charge in [0.1, 0.15) is 0 Å². The lowest BCUT2D eigenvalue weighted by Crippen LogP contribution is -1.83. The molecule has 0 N–H and O–H groups in total. The van der Waals surface area contributed by atoms with Gasteiger partial charge in [0.2, 0.25) is 0 Å². The molecule has 0 aliphatic carbocycles. The summed E-state index contributed by atoms with van der Waals surface area (Å²) in [6.07, 6.45) is 2.20. The monoisotopic (exact) mass is 172 g/mol. The second-order valence-corrected chi connectivity index (χ2v) is 2.82. The molecule has 1 aliphatic heterocycles. The van der Waals surface area contributed by atoms with E-state index in [-0.39, 0.29) is 5.91 Å². The zero-order chi connectivity index (χ0) is 9.10. The molecule has 0 bridgehead atoms. The molecule has 1 amide bonds. The highest BCUT2D eigenvalue weighted by molar-refractivity contribution is 5.82. The molecule has 1 aliphatic rings. The third-order valence-corrected chi connectivity index (χ3v) is 1.76. The summed E-state index contributed by atoms with van der Waals surface area (Å²) in [5.41, 5.74) is 1.78. The van der Waals surface area contributed by atoms with Crippen molar-refractivity contribution < 1.29 is 4.79 Å². The maximum Gasteiger partial charge on any atom is 0.270 e. The van der Waals surface area contributed by atoms with Crippen molar-refractivity contribution in [2.45, 2.75) is 6.42 Å². The van der Waals surface area contributed by atoms with Crippen molar-refractivity contribution in [1.82, 2.24) is 0 Å². The van der Waals surface area contributed by atoms with Gasteiger partial charge in [-0.3, -0.25) is 4.79 Å². The quantitative estimate of drug-likeness (QED) is 0.641. The van der Waals surface area contributed by atoms with Crippen molar-refractivity contribution in [2.75, 3.05) is 0 Å². The number of azo groups is 1. The topological polar surface area (TPSA) is 41.8 Å². The van der Waals surface area contributed by atoms with Crippen molar-refractivity contribution in [3.63, 3.8) is 0 Å². The van der Waals surface area contributed by atoms with Crippen molar-refractivity contribution in [3.05, 3.63) is 41.6 Å². The Hall–Kier alpha value is -1.77. The highest BCUT2D eigenvalue weighted by Crippen LogP contribution is 2.17. The minimum absolute atomic E-state index is 0.165. The van der Waals surface area contributed by atoms with E-state index in [1.165, 1.54) is 0 Å². The van der Waals surface area contributed by atoms with Crippen LogP contribution in [0.3, 0.4) is 0 Å². The summed E-state index contributed by atoms with van der Waals surface area (Å²) in [5, 5.41) is 7.18. The van der Waals surface area contributed by atoms with E-state index in [4.69, 9.17) is 0 Å². The lowest BCUT2D eigenvalue weighted by Gasteiger charge is -1.91. The van der Waals surface area contributed by atoms with E-state index in [1.807, 2.05) is 36.4 Å². The molecule has 2 rings (SSSR count). The first-order valence-electron chi connectivity index (χ1n) is 4.05. The van der Waals surface area contributed by atoms with Gasteiger partial charge >= 0.3 is 0 Å². The molecule has 3 heteroatoms. The first-order chi connectivity index (χ1) is 6.34. The average molecular weight is 172 g/mol. The molecule has 64 valence electrons. The summed E-state index contributed by atoms with van der Waals surface area (Å²) in [6, 6.07) is 9.76. The molecule has 0 saturated carbocycles. The number of carbonyl (C=O) groups is 1. The van der Waals surface area contributed by atoms with Crippen LogP contribution in [0.25, 0.3) is 6.08 Å². The van der Waals surface area contributed by atoms with Crippen molar-refractivity contribution in [3.8, 4) is 0 Å². The zero-order valence-electron chi connectivity index (χ0n) is 6.97. The molecule has 0 saturated heterocycles. The van der Waals surface area contributed by atoms with E-state index in [0.29, 0.717) is 6.42 Å². The smallest absolute Gasteiger partial charge is 0.270 e. The van der Waals surface area contributed by atoms with Crippen molar-refractivity contribution >= 4 is 12.0 Å². The van der Waals surface area contributed by atoms with Gasteiger partial charge in [0, 0.05) is 0 Å². The fourth-order valence-corrected chi connectivity index (χ4v) is 1.17. The minimum Gasteiger partial charge on any atom is -0.270 e. The fourth-order valence-electron chi connectivity index (χ4n) is 1.17. The van der Waals surface area contributed by atoms with Crippen LogP contribution < -0.4 is 0 Å². The number of carbonyl (C=O) groups excluding carboxylic acids is 1. The lowest BCUT2D eigenvalue weighted by molar-refractivity contribution is -0.116. The number of hydrogen-bond donors (Lipinski definition) is 0. The van der Waals surface area contributed by atoms with Crippen LogP contribution in [0, 0.1) is 0 Å². The van der Waals surface area contributed by atoms with E-state index in [9.17, 15) is 4.79 Å². The normalized spacial score (nSPS) is 18.5. The van der Waals surface area contributed by atoms with Crippen LogP contribution in [0.4, 0.5) is 0 Å². The first-order valence-corrected chi connectivity index (χ1v) is 4.05. The van der Waals surface area contributed by atoms with Crippen LogP contribution in [-0.4, -0.2) is 5.91 Å². The summed E-state index contributed by atoms with van der Waals surface area (Å²) >= 11 is 0. The molecule has 1 aromatic carbocycles. The summed E-state index contributed by atoms with van der Waals surface area (Å²) < 4.78 is 0. The first kappa shape index (κ1) is 7.86. The van der Waals surface area contributed by atoms with Crippen LogP contribution in [0.15, 0.2) is 46.3 Å². The van der Waals surface area contributed by atoms with Crippen LogP contribution in [0.1, 0.15) is 12.0 Å². The Kier molecular flexibility index (Phi) is 2.00. The highest BCUT2D eigenvalue weighted by Gasteiger charge is 2.11. The Bertz CT molecular complexity index is 379.